The third-order valence-electron chi connectivity index (χ3n) is 5.28. The van der Waals surface area contributed by atoms with Gasteiger partial charge in [0, 0.05) is 0 Å². The summed E-state index contributed by atoms with van der Waals surface area (Å²) in [6, 6.07) is 4.50. The van der Waals surface area contributed by atoms with E-state index in [0.717, 1.165) is 12.0 Å². The van der Waals surface area contributed by atoms with Gasteiger partial charge >= 0.3 is 12.1 Å². The number of ether oxygens (including phenoxy) is 2. The van der Waals surface area contributed by atoms with E-state index in [4.69, 9.17) is 13.7 Å². The van der Waals surface area contributed by atoms with Crippen LogP contribution in [-0.2, 0) is 33.4 Å². The summed E-state index contributed by atoms with van der Waals surface area (Å²) in [5.74, 6) is -1.81. The number of hydrogen-bond acceptors (Lipinski definition) is 9. The standard InChI is InChI=1S/C23H33NO9S/c1-6-7-12-31-19(26)18-13-23(14-25,20(27)24(18)21(28)33-22(3,4)5)15-32-34(29,30)17-10-8-16(2)9-11-17/h8-11,18,25H,6-7,12-15H2,1-5H3/t18-,23?/m0/s1. The molecular weight excluding hydrogens is 466 g/mol. The zero-order valence-corrected chi connectivity index (χ0v) is 21.0. The molecule has 1 fully saturated rings. The van der Waals surface area contributed by atoms with E-state index in [1.807, 2.05) is 6.92 Å². The maximum absolute atomic E-state index is 13.3. The highest BCUT2D eigenvalue weighted by Gasteiger charge is 2.58. The van der Waals surface area contributed by atoms with Crippen molar-refractivity contribution in [3.05, 3.63) is 29.8 Å². The molecule has 0 saturated carbocycles. The van der Waals surface area contributed by atoms with Gasteiger partial charge in [-0.05, 0) is 52.7 Å². The fourth-order valence-electron chi connectivity index (χ4n) is 3.33. The average molecular weight is 500 g/mol. The molecule has 0 aromatic heterocycles. The molecule has 1 aliphatic rings. The summed E-state index contributed by atoms with van der Waals surface area (Å²) in [6.07, 6.45) is -0.123. The van der Waals surface area contributed by atoms with Crippen LogP contribution < -0.4 is 0 Å². The van der Waals surface area contributed by atoms with E-state index in [0.29, 0.717) is 11.3 Å². The molecule has 1 aromatic rings. The van der Waals surface area contributed by atoms with Crippen LogP contribution >= 0.6 is 0 Å². The molecule has 2 atom stereocenters. The lowest BCUT2D eigenvalue weighted by molar-refractivity contribution is -0.152. The number of unbranched alkanes of at least 4 members (excludes halogenated alkanes) is 1. The van der Waals surface area contributed by atoms with Crippen LogP contribution in [0.25, 0.3) is 0 Å². The predicted octanol–water partition coefficient (Wildman–Crippen LogP) is 2.56. The second-order valence-corrected chi connectivity index (χ2v) is 11.0. The van der Waals surface area contributed by atoms with E-state index < -0.39 is 58.4 Å². The number of aliphatic hydroxyl groups excluding tert-OH is 1. The topological polar surface area (TPSA) is 137 Å². The lowest BCUT2D eigenvalue weighted by Gasteiger charge is -2.27. The summed E-state index contributed by atoms with van der Waals surface area (Å²) < 4.78 is 40.9. The summed E-state index contributed by atoms with van der Waals surface area (Å²) >= 11 is 0. The molecule has 190 valence electrons. The highest BCUT2D eigenvalue weighted by Crippen LogP contribution is 2.39. The minimum absolute atomic E-state index is 0.0899. The predicted molar refractivity (Wildman–Crippen MR) is 121 cm³/mol. The van der Waals surface area contributed by atoms with Crippen LogP contribution in [0.15, 0.2) is 29.2 Å². The molecule has 1 aliphatic heterocycles. The zero-order valence-electron chi connectivity index (χ0n) is 20.2. The van der Waals surface area contributed by atoms with Gasteiger partial charge < -0.3 is 14.6 Å². The van der Waals surface area contributed by atoms with Crippen molar-refractivity contribution in [3.63, 3.8) is 0 Å². The summed E-state index contributed by atoms with van der Waals surface area (Å²) in [5.41, 5.74) is -1.98. The zero-order chi connectivity index (χ0) is 25.7. The number of aliphatic hydroxyl groups is 1. The van der Waals surface area contributed by atoms with Crippen molar-refractivity contribution in [3.8, 4) is 0 Å². The molecule has 1 unspecified atom stereocenters. The van der Waals surface area contributed by atoms with Gasteiger partial charge in [0.2, 0.25) is 5.91 Å². The third-order valence-corrected chi connectivity index (χ3v) is 6.55. The van der Waals surface area contributed by atoms with Crippen LogP contribution in [0, 0.1) is 12.3 Å². The fourth-order valence-corrected chi connectivity index (χ4v) is 4.32. The smallest absolute Gasteiger partial charge is 0.417 e. The summed E-state index contributed by atoms with van der Waals surface area (Å²) in [4.78, 5) is 39.3. The molecule has 34 heavy (non-hydrogen) atoms. The van der Waals surface area contributed by atoms with Gasteiger partial charge in [0.15, 0.2) is 0 Å². The number of imide groups is 1. The number of carbonyl (C=O) groups is 3. The molecule has 1 aromatic carbocycles. The molecule has 1 heterocycles. The van der Waals surface area contributed by atoms with Gasteiger partial charge in [-0.3, -0.25) is 8.98 Å². The fraction of sp³-hybridized carbons (Fsp3) is 0.609. The van der Waals surface area contributed by atoms with Crippen molar-refractivity contribution >= 4 is 28.1 Å². The van der Waals surface area contributed by atoms with E-state index in [1.54, 1.807) is 39.8 Å². The number of carbonyl (C=O) groups excluding carboxylic acids is 3. The molecule has 10 nitrogen and oxygen atoms in total. The summed E-state index contributed by atoms with van der Waals surface area (Å²) in [5, 5.41) is 10.1. The van der Waals surface area contributed by atoms with Crippen molar-refractivity contribution in [1.82, 2.24) is 4.90 Å². The Kier molecular flexibility index (Phi) is 8.84. The van der Waals surface area contributed by atoms with Crippen LogP contribution in [-0.4, -0.2) is 67.9 Å². The van der Waals surface area contributed by atoms with Crippen LogP contribution in [0.5, 0.6) is 0 Å². The van der Waals surface area contributed by atoms with Crippen molar-refractivity contribution in [1.29, 1.82) is 0 Å². The SMILES string of the molecule is CCCCOC(=O)[C@@H]1CC(CO)(COS(=O)(=O)c2ccc(C)cc2)C(=O)N1C(=O)OC(C)(C)C. The van der Waals surface area contributed by atoms with Gasteiger partial charge in [0.25, 0.3) is 10.1 Å². The van der Waals surface area contributed by atoms with Crippen molar-refractivity contribution < 1.29 is 41.6 Å². The molecule has 0 radical (unpaired) electrons. The van der Waals surface area contributed by atoms with E-state index in [-0.39, 0.29) is 17.9 Å². The number of hydrogen-bond donors (Lipinski definition) is 1. The maximum Gasteiger partial charge on any atom is 0.417 e. The first-order valence-electron chi connectivity index (χ1n) is 11.1. The number of nitrogens with zero attached hydrogens (tertiary/aromatic N) is 1. The van der Waals surface area contributed by atoms with Crippen LogP contribution in [0.3, 0.4) is 0 Å². The van der Waals surface area contributed by atoms with Crippen LogP contribution in [0.2, 0.25) is 0 Å². The molecule has 2 rings (SSSR count). The van der Waals surface area contributed by atoms with E-state index in [1.165, 1.54) is 12.1 Å². The quantitative estimate of drug-likeness (QED) is 0.309. The Bertz CT molecular complexity index is 998. The van der Waals surface area contributed by atoms with Gasteiger partial charge in [0.1, 0.15) is 17.1 Å². The Morgan fingerprint density at radius 2 is 1.82 bits per heavy atom. The second kappa shape index (κ2) is 10.8. The average Bonchev–Trinajstić information content (AvgIpc) is 3.04. The van der Waals surface area contributed by atoms with E-state index in [2.05, 4.69) is 0 Å². The lowest BCUT2D eigenvalue weighted by atomic mass is 9.86. The second-order valence-electron chi connectivity index (χ2n) is 9.36. The van der Waals surface area contributed by atoms with Gasteiger partial charge in [-0.1, -0.05) is 31.0 Å². The summed E-state index contributed by atoms with van der Waals surface area (Å²) in [7, 11) is -4.27. The maximum atomic E-state index is 13.3. The molecule has 2 amide bonds. The Labute approximate surface area is 200 Å². The Morgan fingerprint density at radius 3 is 2.35 bits per heavy atom. The largest absolute Gasteiger partial charge is 0.464 e. The number of esters is 1. The Balaban J connectivity index is 2.33. The third kappa shape index (κ3) is 6.55. The summed E-state index contributed by atoms with van der Waals surface area (Å²) in [6.45, 7) is 6.95. The molecular formula is C23H33NO9S. The van der Waals surface area contributed by atoms with Gasteiger partial charge in [0.05, 0.1) is 24.7 Å². The normalized spacial score (nSPS) is 20.9. The molecule has 0 bridgehead atoms. The first-order valence-corrected chi connectivity index (χ1v) is 12.5. The lowest BCUT2D eigenvalue weighted by Crippen LogP contribution is -2.48. The monoisotopic (exact) mass is 499 g/mol. The Hall–Kier alpha value is -2.50. The highest BCUT2D eigenvalue weighted by atomic mass is 32.2. The number of rotatable bonds is 9. The van der Waals surface area contributed by atoms with Crippen molar-refractivity contribution in [2.45, 2.75) is 70.4 Å². The minimum Gasteiger partial charge on any atom is -0.464 e. The van der Waals surface area contributed by atoms with Gasteiger partial charge in [-0.15, -0.1) is 0 Å². The van der Waals surface area contributed by atoms with Gasteiger partial charge in [-0.25, -0.2) is 14.5 Å². The molecule has 1 saturated heterocycles. The molecule has 0 aliphatic carbocycles. The van der Waals surface area contributed by atoms with E-state index in [9.17, 15) is 27.9 Å². The molecule has 1 N–H and O–H groups in total. The molecule has 0 spiro atoms. The number of amides is 2. The first-order chi connectivity index (χ1) is 15.8. The van der Waals surface area contributed by atoms with Crippen molar-refractivity contribution in [2.75, 3.05) is 19.8 Å². The van der Waals surface area contributed by atoms with E-state index >= 15 is 0 Å². The number of benzene rings is 1. The number of likely N-dealkylation sites (tertiary alicyclic amines) is 1. The molecule has 11 heteroatoms. The number of aryl methyl sites for hydroxylation is 1. The van der Waals surface area contributed by atoms with Gasteiger partial charge in [-0.2, -0.15) is 8.42 Å². The van der Waals surface area contributed by atoms with Crippen LogP contribution in [0.4, 0.5) is 4.79 Å². The van der Waals surface area contributed by atoms with Crippen molar-refractivity contribution in [2.24, 2.45) is 5.41 Å². The minimum atomic E-state index is -4.27. The highest BCUT2D eigenvalue weighted by molar-refractivity contribution is 7.86. The first kappa shape index (κ1) is 27.7. The Morgan fingerprint density at radius 1 is 1.21 bits per heavy atom. The van der Waals surface area contributed by atoms with Crippen LogP contribution in [0.1, 0.15) is 52.5 Å².